The molecule has 0 spiro atoms. The van der Waals surface area contributed by atoms with Gasteiger partial charge in [-0.1, -0.05) is 18.2 Å². The van der Waals surface area contributed by atoms with Gasteiger partial charge in [-0.3, -0.25) is 4.79 Å². The van der Waals surface area contributed by atoms with Crippen LogP contribution in [0.4, 0.5) is 0 Å². The smallest absolute Gasteiger partial charge is 0.235 e. The minimum absolute atomic E-state index is 0.0340. The number of fused-ring (bicyclic) bond motifs is 1. The number of likely N-dealkylation sites (tertiary alicyclic amines) is 1. The maximum absolute atomic E-state index is 13.0. The molecule has 2 atom stereocenters. The monoisotopic (exact) mass is 395 g/mol. The summed E-state index contributed by atoms with van der Waals surface area (Å²) in [6, 6.07) is 11.2. The Labute approximate surface area is 166 Å². The normalized spacial score (nSPS) is 18.8. The predicted octanol–water partition coefficient (Wildman–Crippen LogP) is 0.897. The lowest BCUT2D eigenvalue weighted by molar-refractivity contribution is -0.919. The molecule has 1 aliphatic rings. The van der Waals surface area contributed by atoms with Crippen molar-refractivity contribution in [2.75, 3.05) is 6.54 Å². The van der Waals surface area contributed by atoms with E-state index in [1.54, 1.807) is 31.2 Å². The van der Waals surface area contributed by atoms with Gasteiger partial charge >= 0.3 is 0 Å². The molecule has 1 fully saturated rings. The fourth-order valence-electron chi connectivity index (χ4n) is 3.92. The van der Waals surface area contributed by atoms with Crippen LogP contribution >= 0.6 is 0 Å². The van der Waals surface area contributed by atoms with Gasteiger partial charge in [0.1, 0.15) is 29.8 Å². The van der Waals surface area contributed by atoms with Crippen LogP contribution in [-0.2, 0) is 11.3 Å². The summed E-state index contributed by atoms with van der Waals surface area (Å²) in [4.78, 5) is 25.2. The van der Waals surface area contributed by atoms with E-state index in [2.05, 4.69) is 0 Å². The average Bonchev–Trinajstić information content (AvgIpc) is 3.17. The minimum atomic E-state index is -1.10. The molecule has 29 heavy (non-hydrogen) atoms. The quantitative estimate of drug-likeness (QED) is 0.665. The number of carboxylic acids is 1. The van der Waals surface area contributed by atoms with E-state index >= 15 is 0 Å². The van der Waals surface area contributed by atoms with E-state index in [1.165, 1.54) is 12.1 Å². The topological polar surface area (TPSA) is 104 Å². The highest BCUT2D eigenvalue weighted by Gasteiger charge is 2.31. The molecule has 0 bridgehead atoms. The molecule has 2 N–H and O–H groups in total. The van der Waals surface area contributed by atoms with Crippen LogP contribution in [0.25, 0.3) is 11.0 Å². The third-order valence-electron chi connectivity index (χ3n) is 5.40. The number of hydrogen-bond donors (Lipinski definition) is 2. The molecule has 1 aliphatic heterocycles. The Balaban J connectivity index is 1.78. The molecule has 3 aromatic rings. The van der Waals surface area contributed by atoms with Crippen molar-refractivity contribution in [2.45, 2.75) is 32.4 Å². The Bertz CT molecular complexity index is 1120. The number of aromatic hydroxyl groups is 1. The summed E-state index contributed by atoms with van der Waals surface area (Å²) in [5.41, 5.74) is 0.322. The van der Waals surface area contributed by atoms with E-state index in [1.807, 2.05) is 6.07 Å². The van der Waals surface area contributed by atoms with Gasteiger partial charge in [0.2, 0.25) is 11.2 Å². The fourth-order valence-corrected chi connectivity index (χ4v) is 3.92. The van der Waals surface area contributed by atoms with Crippen molar-refractivity contribution in [3.63, 3.8) is 0 Å². The Morgan fingerprint density at radius 1 is 1.28 bits per heavy atom. The number of phenolic OH excluding ortho intramolecular Hbond substituents is 1. The minimum Gasteiger partial charge on any atom is -0.544 e. The summed E-state index contributed by atoms with van der Waals surface area (Å²) in [5.74, 6) is -0.256. The molecule has 150 valence electrons. The van der Waals surface area contributed by atoms with Crippen LogP contribution in [0.5, 0.6) is 17.2 Å². The van der Waals surface area contributed by atoms with Crippen molar-refractivity contribution < 1.29 is 29.1 Å². The molecule has 0 radical (unpaired) electrons. The van der Waals surface area contributed by atoms with Gasteiger partial charge in [-0.15, -0.1) is 0 Å². The van der Waals surface area contributed by atoms with Crippen LogP contribution in [0.1, 0.15) is 24.2 Å². The number of phenols is 1. The van der Waals surface area contributed by atoms with Gasteiger partial charge in [0, 0.05) is 12.8 Å². The van der Waals surface area contributed by atoms with Crippen LogP contribution in [0.2, 0.25) is 0 Å². The molecule has 0 saturated carbocycles. The van der Waals surface area contributed by atoms with Gasteiger partial charge in [0.15, 0.2) is 5.58 Å². The summed E-state index contributed by atoms with van der Waals surface area (Å²) in [6.45, 7) is 2.50. The zero-order chi connectivity index (χ0) is 20.5. The highest BCUT2D eigenvalue weighted by molar-refractivity contribution is 5.83. The molecule has 4 rings (SSSR count). The van der Waals surface area contributed by atoms with Gasteiger partial charge in [0.25, 0.3) is 0 Å². The first-order valence-electron chi connectivity index (χ1n) is 9.52. The van der Waals surface area contributed by atoms with Crippen molar-refractivity contribution in [1.29, 1.82) is 0 Å². The van der Waals surface area contributed by atoms with E-state index < -0.39 is 12.0 Å². The number of rotatable bonds is 5. The number of aliphatic carboxylic acids is 1. The first-order valence-corrected chi connectivity index (χ1v) is 9.52. The zero-order valence-corrected chi connectivity index (χ0v) is 15.9. The van der Waals surface area contributed by atoms with E-state index in [0.717, 1.165) is 11.3 Å². The van der Waals surface area contributed by atoms with Crippen LogP contribution < -0.4 is 20.2 Å². The Kier molecular flexibility index (Phi) is 4.98. The molecule has 1 aromatic heterocycles. The van der Waals surface area contributed by atoms with Crippen molar-refractivity contribution in [3.05, 3.63) is 64.0 Å². The van der Waals surface area contributed by atoms with Gasteiger partial charge in [-0.05, 0) is 31.2 Å². The summed E-state index contributed by atoms with van der Waals surface area (Å²) >= 11 is 0. The second-order valence-corrected chi connectivity index (χ2v) is 7.27. The van der Waals surface area contributed by atoms with Gasteiger partial charge < -0.3 is 29.1 Å². The van der Waals surface area contributed by atoms with E-state index in [-0.39, 0.29) is 40.2 Å². The van der Waals surface area contributed by atoms with E-state index in [4.69, 9.17) is 9.15 Å². The molecule has 7 nitrogen and oxygen atoms in total. The first kappa shape index (κ1) is 19.0. The van der Waals surface area contributed by atoms with Crippen molar-refractivity contribution in [2.24, 2.45) is 0 Å². The number of hydrogen-bond acceptors (Lipinski definition) is 6. The standard InChI is InChI=1S/C22H21NO6/c1-13-20(29-14-6-3-2-4-7-14)19(25)15-9-10-18(24)16(21(15)28-13)12-23-11-5-8-17(23)22(26)27/h2-4,6-7,9-10,17,24H,5,8,11-12H2,1H3,(H,26,27)/t17-/m1/s1. The fraction of sp³-hybridized carbons (Fsp3) is 0.273. The molecule has 1 unspecified atom stereocenters. The van der Waals surface area contributed by atoms with Gasteiger partial charge in [-0.2, -0.15) is 0 Å². The van der Waals surface area contributed by atoms with E-state index in [0.29, 0.717) is 24.3 Å². The van der Waals surface area contributed by atoms with Crippen LogP contribution in [0.3, 0.4) is 0 Å². The van der Waals surface area contributed by atoms with Crippen molar-refractivity contribution in [3.8, 4) is 17.2 Å². The second-order valence-electron chi connectivity index (χ2n) is 7.27. The maximum Gasteiger partial charge on any atom is 0.235 e. The molecule has 1 saturated heterocycles. The zero-order valence-electron chi connectivity index (χ0n) is 15.9. The first-order chi connectivity index (χ1) is 14.0. The number of carbonyl (C=O) groups is 1. The summed E-state index contributed by atoms with van der Waals surface area (Å²) in [7, 11) is 0. The molecule has 0 aliphatic carbocycles. The molecule has 0 amide bonds. The maximum atomic E-state index is 13.0. The number of para-hydroxylation sites is 1. The Morgan fingerprint density at radius 2 is 2.03 bits per heavy atom. The largest absolute Gasteiger partial charge is 0.544 e. The number of nitrogens with one attached hydrogen (secondary N) is 1. The number of carbonyl (C=O) groups excluding carboxylic acids is 1. The lowest BCUT2D eigenvalue weighted by Gasteiger charge is -2.23. The highest BCUT2D eigenvalue weighted by atomic mass is 16.5. The summed E-state index contributed by atoms with van der Waals surface area (Å²) in [6.07, 6.45) is 1.29. The lowest BCUT2D eigenvalue weighted by Crippen LogP contribution is -3.14. The van der Waals surface area contributed by atoms with Gasteiger partial charge in [-0.25, -0.2) is 0 Å². The molecular formula is C22H21NO6. The molecule has 2 heterocycles. The van der Waals surface area contributed by atoms with Crippen LogP contribution in [-0.4, -0.2) is 23.7 Å². The lowest BCUT2D eigenvalue weighted by atomic mass is 10.1. The average molecular weight is 395 g/mol. The Morgan fingerprint density at radius 3 is 2.76 bits per heavy atom. The number of carboxylic acid groups (broad SMARTS) is 1. The van der Waals surface area contributed by atoms with Crippen LogP contribution in [0, 0.1) is 6.92 Å². The Hall–Kier alpha value is -3.32. The van der Waals surface area contributed by atoms with Crippen molar-refractivity contribution >= 4 is 16.9 Å². The van der Waals surface area contributed by atoms with Gasteiger partial charge in [0.05, 0.1) is 23.5 Å². The van der Waals surface area contributed by atoms with E-state index in [9.17, 15) is 19.8 Å². The molecule has 7 heteroatoms. The summed E-state index contributed by atoms with van der Waals surface area (Å²) in [5, 5.41) is 22.1. The number of ether oxygens (including phenoxy) is 1. The highest BCUT2D eigenvalue weighted by Crippen LogP contribution is 2.30. The second kappa shape index (κ2) is 7.60. The molecule has 2 aromatic carbocycles. The SMILES string of the molecule is Cc1oc2c(C[NH+]3CCC[C@@H]3C(=O)[O-])c(O)ccc2c(=O)c1Oc1ccccc1. The third kappa shape index (κ3) is 3.56. The molecular weight excluding hydrogens is 374 g/mol. The summed E-state index contributed by atoms with van der Waals surface area (Å²) < 4.78 is 11.6. The number of benzene rings is 2. The van der Waals surface area contributed by atoms with Crippen molar-refractivity contribution in [1.82, 2.24) is 0 Å². The number of quaternary nitrogens is 1. The predicted molar refractivity (Wildman–Crippen MR) is 103 cm³/mol. The third-order valence-corrected chi connectivity index (χ3v) is 5.40. The number of aryl methyl sites for hydroxylation is 1. The van der Waals surface area contributed by atoms with Crippen LogP contribution in [0.15, 0.2) is 51.7 Å².